The molecule has 0 bridgehead atoms. The predicted octanol–water partition coefficient (Wildman–Crippen LogP) is 2.96. The first-order valence-electron chi connectivity index (χ1n) is 9.53. The molecule has 0 amide bonds. The van der Waals surface area contributed by atoms with Crippen LogP contribution in [0.15, 0.2) is 40.6 Å². The van der Waals surface area contributed by atoms with Gasteiger partial charge in [-0.05, 0) is 18.2 Å². The van der Waals surface area contributed by atoms with Gasteiger partial charge >= 0.3 is 0 Å². The van der Waals surface area contributed by atoms with Crippen molar-refractivity contribution in [3.05, 3.63) is 41.7 Å². The molecular formula is C21H22N4O6S. The van der Waals surface area contributed by atoms with Crippen molar-refractivity contribution in [2.45, 2.75) is 11.8 Å². The van der Waals surface area contributed by atoms with Gasteiger partial charge in [0.15, 0.2) is 28.8 Å². The third-order valence-corrected chi connectivity index (χ3v) is 5.68. The van der Waals surface area contributed by atoms with E-state index in [1.807, 2.05) is 6.07 Å². The van der Waals surface area contributed by atoms with Crippen LogP contribution in [0, 0.1) is 0 Å². The van der Waals surface area contributed by atoms with Crippen molar-refractivity contribution in [3.63, 3.8) is 0 Å². The van der Waals surface area contributed by atoms with E-state index in [1.54, 1.807) is 50.3 Å². The van der Waals surface area contributed by atoms with E-state index in [0.717, 1.165) is 11.3 Å². The molecule has 1 aromatic heterocycles. The Morgan fingerprint density at radius 2 is 1.66 bits per heavy atom. The summed E-state index contributed by atoms with van der Waals surface area (Å²) >= 11 is 1.50. The molecule has 0 saturated carbocycles. The second-order valence-electron chi connectivity index (χ2n) is 6.58. The Kier molecular flexibility index (Phi) is 6.26. The van der Waals surface area contributed by atoms with Crippen molar-refractivity contribution >= 4 is 17.5 Å². The predicted molar refractivity (Wildman–Crippen MR) is 118 cm³/mol. The van der Waals surface area contributed by atoms with Gasteiger partial charge in [-0.15, -0.1) is 10.2 Å². The molecule has 0 unspecified atom stereocenters. The fourth-order valence-electron chi connectivity index (χ4n) is 3.16. The fraction of sp³-hybridized carbons (Fsp3) is 0.286. The largest absolute Gasteiger partial charge is 0.504 e. The molecule has 32 heavy (non-hydrogen) atoms. The fourth-order valence-corrected chi connectivity index (χ4v) is 4.01. The molecular weight excluding hydrogens is 436 g/mol. The minimum Gasteiger partial charge on any atom is -0.504 e. The first kappa shape index (κ1) is 21.6. The zero-order valence-corrected chi connectivity index (χ0v) is 18.8. The van der Waals surface area contributed by atoms with Gasteiger partial charge in [-0.3, -0.25) is 0 Å². The molecule has 1 aliphatic heterocycles. The number of fused-ring (bicyclic) bond motifs is 1. The maximum Gasteiger partial charge on any atom is 0.212 e. The lowest BCUT2D eigenvalue weighted by atomic mass is 10.1. The quantitative estimate of drug-likeness (QED) is 0.545. The topological polar surface area (TPSA) is 109 Å². The zero-order chi connectivity index (χ0) is 22.7. The standard InChI is InChI=1S/C21H22N4O6S/c1-27-16-6-5-12(7-15(16)26)14-11-32-21-23-22-19(25(21)24-14)10-31-13-8-17(28-2)20(30-4)18(9-13)29-3/h5-9,26H,10-11H2,1-4H3. The summed E-state index contributed by atoms with van der Waals surface area (Å²) < 4.78 is 28.7. The summed E-state index contributed by atoms with van der Waals surface area (Å²) in [7, 11) is 6.13. The van der Waals surface area contributed by atoms with Crippen molar-refractivity contribution in [3.8, 4) is 34.5 Å². The Bertz CT molecular complexity index is 1140. The van der Waals surface area contributed by atoms with Crippen LogP contribution in [0.25, 0.3) is 0 Å². The molecule has 0 radical (unpaired) electrons. The van der Waals surface area contributed by atoms with Gasteiger partial charge in [0.25, 0.3) is 0 Å². The number of nitrogens with zero attached hydrogens (tertiary/aromatic N) is 4. The molecule has 4 rings (SSSR count). The number of aromatic hydroxyl groups is 1. The summed E-state index contributed by atoms with van der Waals surface area (Å²) in [5, 5.41) is 23.8. The molecule has 168 valence electrons. The van der Waals surface area contributed by atoms with Gasteiger partial charge in [0.1, 0.15) is 12.4 Å². The highest BCUT2D eigenvalue weighted by atomic mass is 32.2. The van der Waals surface area contributed by atoms with Gasteiger partial charge in [-0.25, -0.2) is 0 Å². The molecule has 3 aromatic rings. The van der Waals surface area contributed by atoms with Crippen LogP contribution < -0.4 is 23.7 Å². The number of phenols is 1. The van der Waals surface area contributed by atoms with Gasteiger partial charge < -0.3 is 28.8 Å². The van der Waals surface area contributed by atoms with Crippen LogP contribution in [0.4, 0.5) is 0 Å². The van der Waals surface area contributed by atoms with Gasteiger partial charge in [0.05, 0.1) is 34.2 Å². The molecule has 0 fully saturated rings. The van der Waals surface area contributed by atoms with Crippen LogP contribution >= 0.6 is 11.8 Å². The van der Waals surface area contributed by atoms with E-state index in [2.05, 4.69) is 15.3 Å². The Morgan fingerprint density at radius 1 is 0.938 bits per heavy atom. The van der Waals surface area contributed by atoms with E-state index in [1.165, 1.54) is 18.9 Å². The minimum absolute atomic E-state index is 0.0539. The molecule has 2 aromatic carbocycles. The van der Waals surface area contributed by atoms with Gasteiger partial charge in [0, 0.05) is 23.4 Å². The highest BCUT2D eigenvalue weighted by Gasteiger charge is 2.21. The lowest BCUT2D eigenvalue weighted by Crippen LogP contribution is -2.15. The Hall–Kier alpha value is -3.60. The van der Waals surface area contributed by atoms with E-state index < -0.39 is 0 Å². The summed E-state index contributed by atoms with van der Waals surface area (Å²) in [4.78, 5) is 0. The normalized spacial score (nSPS) is 12.6. The monoisotopic (exact) mass is 458 g/mol. The van der Waals surface area contributed by atoms with Crippen LogP contribution in [0.1, 0.15) is 11.4 Å². The summed E-state index contributed by atoms with van der Waals surface area (Å²) in [6.07, 6.45) is 0. The van der Waals surface area contributed by atoms with Crippen LogP contribution in [0.2, 0.25) is 0 Å². The van der Waals surface area contributed by atoms with Crippen LogP contribution in [0.3, 0.4) is 0 Å². The third kappa shape index (κ3) is 4.11. The van der Waals surface area contributed by atoms with Crippen LogP contribution in [-0.2, 0) is 6.61 Å². The van der Waals surface area contributed by atoms with E-state index in [4.69, 9.17) is 23.7 Å². The number of thioether (sulfide) groups is 1. The molecule has 0 atom stereocenters. The van der Waals surface area contributed by atoms with E-state index in [0.29, 0.717) is 45.5 Å². The van der Waals surface area contributed by atoms with E-state index in [-0.39, 0.29) is 12.4 Å². The number of methoxy groups -OCH3 is 4. The van der Waals surface area contributed by atoms with Crippen LogP contribution in [-0.4, -0.2) is 59.9 Å². The third-order valence-electron chi connectivity index (χ3n) is 4.75. The number of ether oxygens (including phenoxy) is 5. The highest BCUT2D eigenvalue weighted by molar-refractivity contribution is 7.99. The van der Waals surface area contributed by atoms with E-state index >= 15 is 0 Å². The van der Waals surface area contributed by atoms with Gasteiger partial charge in [-0.2, -0.15) is 9.78 Å². The van der Waals surface area contributed by atoms with Crippen LogP contribution in [0.5, 0.6) is 34.5 Å². The molecule has 0 saturated heterocycles. The first-order chi connectivity index (χ1) is 15.6. The number of phenolic OH excluding ortho intramolecular Hbond substituents is 1. The summed E-state index contributed by atoms with van der Waals surface area (Å²) in [6, 6.07) is 8.59. The Labute approximate surface area is 188 Å². The number of aromatic nitrogens is 3. The van der Waals surface area contributed by atoms with Gasteiger partial charge in [0.2, 0.25) is 10.9 Å². The average molecular weight is 458 g/mol. The first-order valence-corrected chi connectivity index (χ1v) is 10.5. The molecule has 1 aliphatic rings. The average Bonchev–Trinajstić information content (AvgIpc) is 3.24. The molecule has 0 aliphatic carbocycles. The number of rotatable bonds is 8. The zero-order valence-electron chi connectivity index (χ0n) is 18.0. The Balaban J connectivity index is 1.58. The number of hydrogen-bond donors (Lipinski definition) is 1. The van der Waals surface area contributed by atoms with Crippen molar-refractivity contribution in [2.24, 2.45) is 5.10 Å². The van der Waals surface area contributed by atoms with Crippen molar-refractivity contribution in [2.75, 3.05) is 34.2 Å². The van der Waals surface area contributed by atoms with E-state index in [9.17, 15) is 5.11 Å². The summed E-state index contributed by atoms with van der Waals surface area (Å²) in [5.41, 5.74) is 1.56. The molecule has 2 heterocycles. The maximum absolute atomic E-state index is 10.1. The smallest absolute Gasteiger partial charge is 0.212 e. The SMILES string of the molecule is COc1ccc(C2=Nn3c(COc4cc(OC)c(OC)c(OC)c4)nnc3SC2)cc1O. The molecule has 10 nitrogen and oxygen atoms in total. The molecule has 0 spiro atoms. The molecule has 1 N–H and O–H groups in total. The van der Waals surface area contributed by atoms with Crippen molar-refractivity contribution < 1.29 is 28.8 Å². The minimum atomic E-state index is 0.0539. The van der Waals surface area contributed by atoms with Crippen molar-refractivity contribution in [1.82, 2.24) is 14.9 Å². The lowest BCUT2D eigenvalue weighted by molar-refractivity contribution is 0.279. The number of benzene rings is 2. The Morgan fingerprint density at radius 3 is 2.28 bits per heavy atom. The van der Waals surface area contributed by atoms with Gasteiger partial charge in [-0.1, -0.05) is 11.8 Å². The van der Waals surface area contributed by atoms with Crippen molar-refractivity contribution in [1.29, 1.82) is 0 Å². The molecule has 11 heteroatoms. The second kappa shape index (κ2) is 9.27. The second-order valence-corrected chi connectivity index (χ2v) is 7.52. The maximum atomic E-state index is 10.1. The number of hydrogen-bond acceptors (Lipinski definition) is 10. The lowest BCUT2D eigenvalue weighted by Gasteiger charge is -2.16. The highest BCUT2D eigenvalue weighted by Crippen LogP contribution is 2.41. The summed E-state index contributed by atoms with van der Waals surface area (Å²) in [5.74, 6) is 3.55. The summed E-state index contributed by atoms with van der Waals surface area (Å²) in [6.45, 7) is 0.122.